The number of nitriles is 1. The number of carbonyl (C=O) groups is 3. The number of rotatable bonds is 7. The number of benzene rings is 1. The molecule has 11 nitrogen and oxygen atoms in total. The highest BCUT2D eigenvalue weighted by Crippen LogP contribution is 2.40. The van der Waals surface area contributed by atoms with Crippen molar-refractivity contribution < 1.29 is 19.1 Å². The minimum atomic E-state index is -0.652. The molecule has 7 rings (SSSR count). The van der Waals surface area contributed by atoms with Crippen molar-refractivity contribution in [3.05, 3.63) is 58.7 Å². The Morgan fingerprint density at radius 3 is 2.31 bits per heavy atom. The Balaban J connectivity index is 1.21. The molecule has 5 heterocycles. The predicted octanol–water partition coefficient (Wildman–Crippen LogP) is 4.16. The number of hydrogen-bond acceptors (Lipinski definition) is 8. The van der Waals surface area contributed by atoms with E-state index >= 15 is 4.79 Å². The van der Waals surface area contributed by atoms with Crippen LogP contribution in [0.25, 0.3) is 0 Å². The van der Waals surface area contributed by atoms with Crippen LogP contribution in [0.5, 0.6) is 0 Å². The number of aromatic nitrogens is 1. The third-order valence-electron chi connectivity index (χ3n) is 12.0. The molecule has 3 amide bonds. The van der Waals surface area contributed by atoms with Crippen LogP contribution in [0, 0.1) is 23.2 Å². The summed E-state index contributed by atoms with van der Waals surface area (Å²) in [6.07, 6.45) is 7.07. The number of pyridine rings is 1. The van der Waals surface area contributed by atoms with Crippen molar-refractivity contribution in [2.75, 3.05) is 64.4 Å². The van der Waals surface area contributed by atoms with E-state index in [0.29, 0.717) is 74.5 Å². The molecule has 0 bridgehead atoms. The second kappa shape index (κ2) is 15.5. The number of amides is 3. The number of likely N-dealkylation sites (tertiary alicyclic amines) is 1. The topological polar surface area (TPSA) is 113 Å². The summed E-state index contributed by atoms with van der Waals surface area (Å²) in [4.78, 5) is 58.7. The van der Waals surface area contributed by atoms with Gasteiger partial charge in [0.05, 0.1) is 17.5 Å². The molecule has 12 heteroatoms. The third-order valence-corrected chi connectivity index (χ3v) is 12.3. The first-order valence-corrected chi connectivity index (χ1v) is 19.2. The maximum absolute atomic E-state index is 15.1. The zero-order valence-electron chi connectivity index (χ0n) is 29.8. The largest absolute Gasteiger partial charge is 0.368 e. The molecule has 0 radical (unpaired) electrons. The van der Waals surface area contributed by atoms with E-state index in [4.69, 9.17) is 16.3 Å². The molecular weight excluding hydrogens is 666 g/mol. The zero-order chi connectivity index (χ0) is 35.6. The molecule has 1 aromatic carbocycles. The van der Waals surface area contributed by atoms with Gasteiger partial charge in [-0.1, -0.05) is 30.7 Å². The summed E-state index contributed by atoms with van der Waals surface area (Å²) in [5.74, 6) is 0.630. The van der Waals surface area contributed by atoms with Crippen molar-refractivity contribution in [3.63, 3.8) is 0 Å². The Bertz CT molecular complexity index is 1590. The van der Waals surface area contributed by atoms with Crippen LogP contribution >= 0.6 is 11.6 Å². The number of likely N-dealkylation sites (N-methyl/N-ethyl adjacent to an activating group) is 1. The molecule has 0 N–H and O–H groups in total. The maximum atomic E-state index is 15.1. The van der Waals surface area contributed by atoms with Gasteiger partial charge in [-0.3, -0.25) is 14.4 Å². The van der Waals surface area contributed by atoms with Gasteiger partial charge in [0.25, 0.3) is 5.91 Å². The number of hydrogen-bond donors (Lipinski definition) is 0. The van der Waals surface area contributed by atoms with Gasteiger partial charge in [-0.2, -0.15) is 5.26 Å². The zero-order valence-corrected chi connectivity index (χ0v) is 30.6. The molecule has 1 saturated carbocycles. The van der Waals surface area contributed by atoms with Crippen LogP contribution in [0.15, 0.2) is 42.6 Å². The number of halogens is 1. The minimum Gasteiger partial charge on any atom is -0.368 e. The van der Waals surface area contributed by atoms with Crippen LogP contribution in [0.3, 0.4) is 0 Å². The number of piperazine rings is 1. The van der Waals surface area contributed by atoms with Crippen molar-refractivity contribution in [1.82, 2.24) is 24.6 Å². The lowest BCUT2D eigenvalue weighted by atomic mass is 9.85. The van der Waals surface area contributed by atoms with Crippen LogP contribution in [0.4, 0.5) is 5.82 Å². The monoisotopic (exact) mass is 715 g/mol. The van der Waals surface area contributed by atoms with E-state index < -0.39 is 18.1 Å². The Morgan fingerprint density at radius 1 is 0.922 bits per heavy atom. The highest BCUT2D eigenvalue weighted by atomic mass is 35.5. The summed E-state index contributed by atoms with van der Waals surface area (Å²) in [6, 6.07) is 12.5. The Labute approximate surface area is 306 Å². The lowest BCUT2D eigenvalue weighted by molar-refractivity contribution is -0.148. The third kappa shape index (κ3) is 7.60. The first-order valence-electron chi connectivity index (χ1n) is 18.8. The minimum absolute atomic E-state index is 0.0209. The van der Waals surface area contributed by atoms with E-state index in [0.717, 1.165) is 50.8 Å². The summed E-state index contributed by atoms with van der Waals surface area (Å²) in [5.41, 5.74) is 1.47. The molecule has 5 atom stereocenters. The van der Waals surface area contributed by atoms with Crippen LogP contribution in [0.1, 0.15) is 68.9 Å². The number of anilines is 1. The van der Waals surface area contributed by atoms with Gasteiger partial charge < -0.3 is 29.2 Å². The average Bonchev–Trinajstić information content (AvgIpc) is 3.94. The number of ether oxygens (including phenoxy) is 1. The number of nitrogens with zero attached hydrogens (tertiary/aromatic N) is 7. The molecule has 1 aromatic heterocycles. The smallest absolute Gasteiger partial charge is 0.252 e. The van der Waals surface area contributed by atoms with Gasteiger partial charge in [-0.05, 0) is 87.7 Å². The summed E-state index contributed by atoms with van der Waals surface area (Å²) < 4.78 is 5.95. The summed E-state index contributed by atoms with van der Waals surface area (Å²) in [6.45, 7) is 6.96. The first-order chi connectivity index (χ1) is 24.7. The lowest BCUT2D eigenvalue weighted by Gasteiger charge is -2.41. The molecule has 5 aliphatic rings. The molecule has 4 aliphatic heterocycles. The molecular formula is C39H50ClN7O4. The Kier molecular flexibility index (Phi) is 10.8. The molecule has 5 fully saturated rings. The van der Waals surface area contributed by atoms with Crippen LogP contribution in [-0.2, 0) is 19.1 Å². The summed E-state index contributed by atoms with van der Waals surface area (Å²) in [5, 5.41) is 9.97. The molecule has 0 unspecified atom stereocenters. The van der Waals surface area contributed by atoms with Crippen LogP contribution in [-0.4, -0.2) is 126 Å². The van der Waals surface area contributed by atoms with Gasteiger partial charge in [0, 0.05) is 75.6 Å². The van der Waals surface area contributed by atoms with Crippen molar-refractivity contribution in [1.29, 1.82) is 5.26 Å². The van der Waals surface area contributed by atoms with Gasteiger partial charge >= 0.3 is 0 Å². The summed E-state index contributed by atoms with van der Waals surface area (Å²) in [7, 11) is 2.06. The Morgan fingerprint density at radius 2 is 1.67 bits per heavy atom. The molecule has 2 aromatic rings. The molecule has 1 aliphatic carbocycles. The average molecular weight is 716 g/mol. The lowest BCUT2D eigenvalue weighted by Crippen LogP contribution is -2.54. The van der Waals surface area contributed by atoms with Crippen LogP contribution < -0.4 is 4.90 Å². The first kappa shape index (κ1) is 35.7. The van der Waals surface area contributed by atoms with Gasteiger partial charge in [-0.25, -0.2) is 4.98 Å². The van der Waals surface area contributed by atoms with Gasteiger partial charge in [0.1, 0.15) is 24.0 Å². The van der Waals surface area contributed by atoms with Crippen LogP contribution in [0.2, 0.25) is 5.02 Å². The van der Waals surface area contributed by atoms with Gasteiger partial charge in [-0.15, -0.1) is 0 Å². The molecule has 51 heavy (non-hydrogen) atoms. The van der Waals surface area contributed by atoms with Crippen molar-refractivity contribution in [3.8, 4) is 6.07 Å². The second-order valence-corrected chi connectivity index (χ2v) is 15.8. The van der Waals surface area contributed by atoms with Gasteiger partial charge in [0.2, 0.25) is 11.8 Å². The highest BCUT2D eigenvalue weighted by molar-refractivity contribution is 6.30. The van der Waals surface area contributed by atoms with Crippen molar-refractivity contribution >= 4 is 35.1 Å². The summed E-state index contributed by atoms with van der Waals surface area (Å²) >= 11 is 6.29. The normalized spacial score (nSPS) is 30.0. The fourth-order valence-corrected chi connectivity index (χ4v) is 9.12. The highest BCUT2D eigenvalue weighted by Gasteiger charge is 2.51. The predicted molar refractivity (Wildman–Crippen MR) is 194 cm³/mol. The number of carbonyl (C=O) groups excluding carboxylic acids is 3. The van der Waals surface area contributed by atoms with E-state index in [1.54, 1.807) is 12.3 Å². The Hall–Kier alpha value is -3.72. The SMILES string of the molecule is CC1CCC(N(C(=O)[C@@H]2CCCO2)[C@H]2C[C@@H](C(=O)N3CCN(C)CC3)N(C(=O)[C@@H]3CN(c4ccc(C#N)cn4)C[C@H]3c3ccc(Cl)cc3)C2)CC1. The van der Waals surface area contributed by atoms with E-state index in [1.165, 1.54) is 0 Å². The fourth-order valence-electron chi connectivity index (χ4n) is 8.99. The van der Waals surface area contributed by atoms with E-state index in [9.17, 15) is 14.9 Å². The standard InChI is InChI=1S/C39H50ClN7O4/c1-26-5-12-30(13-6-26)47(39(50)35-4-3-19-51-35)31-20-34(38(49)44-17-15-43(2)16-18-44)46(23-31)37(48)33-25-45(36-14-7-27(21-41)22-42-36)24-32(33)28-8-10-29(40)11-9-28/h7-11,14,22,26,30-35H,3-6,12-13,15-20,23-25H2,1-2H3/t26?,30?,31-,32-,33+,34-,35-/m0/s1. The van der Waals surface area contributed by atoms with Crippen molar-refractivity contribution in [2.24, 2.45) is 11.8 Å². The quantitative estimate of drug-likeness (QED) is 0.420. The molecule has 4 saturated heterocycles. The fraction of sp³-hybridized carbons (Fsp3) is 0.615. The van der Waals surface area contributed by atoms with Gasteiger partial charge in [0.15, 0.2) is 0 Å². The van der Waals surface area contributed by atoms with E-state index in [2.05, 4.69) is 39.7 Å². The van der Waals surface area contributed by atoms with Crippen molar-refractivity contribution in [2.45, 2.75) is 82.0 Å². The van der Waals surface area contributed by atoms with E-state index in [-0.39, 0.29) is 35.7 Å². The second-order valence-electron chi connectivity index (χ2n) is 15.4. The molecule has 0 spiro atoms. The molecule has 272 valence electrons. The maximum Gasteiger partial charge on any atom is 0.252 e. The van der Waals surface area contributed by atoms with E-state index in [1.807, 2.05) is 40.1 Å².